The Morgan fingerprint density at radius 2 is 2.20 bits per heavy atom. The van der Waals surface area contributed by atoms with Crippen molar-refractivity contribution in [1.82, 2.24) is 5.32 Å². The number of hydrogen-bond acceptors (Lipinski definition) is 3. The van der Waals surface area contributed by atoms with Crippen molar-refractivity contribution in [2.75, 3.05) is 25.2 Å². The lowest BCUT2D eigenvalue weighted by Crippen LogP contribution is -2.45. The molecule has 1 atom stereocenters. The third-order valence-corrected chi connectivity index (χ3v) is 2.83. The molecule has 2 N–H and O–H groups in total. The third-order valence-electron chi connectivity index (χ3n) is 1.58. The Hall–Kier alpha value is 0.270. The van der Waals surface area contributed by atoms with Gasteiger partial charge in [-0.3, -0.25) is 0 Å². The zero-order valence-corrected chi connectivity index (χ0v) is 7.79. The van der Waals surface area contributed by atoms with Crippen molar-refractivity contribution in [3.05, 3.63) is 0 Å². The smallest absolute Gasteiger partial charge is 0.0618 e. The molecule has 0 heterocycles. The fraction of sp³-hybridized carbons (Fsp3) is 1.00. The Balaban J connectivity index is 3.58. The van der Waals surface area contributed by atoms with Gasteiger partial charge in [0.2, 0.25) is 0 Å². The average molecular weight is 163 g/mol. The summed E-state index contributed by atoms with van der Waals surface area (Å²) in [6.07, 6.45) is 0. The number of nitrogens with one attached hydrogen (secondary N) is 1. The molecule has 0 radical (unpaired) electrons. The first-order valence-corrected chi connectivity index (χ1v) is 4.71. The van der Waals surface area contributed by atoms with Crippen molar-refractivity contribution in [3.63, 3.8) is 0 Å². The Kier molecular flexibility index (Phi) is 5.13. The second-order valence-corrected chi connectivity index (χ2v) is 3.88. The zero-order chi connectivity index (χ0) is 8.04. The van der Waals surface area contributed by atoms with Crippen LogP contribution in [0, 0.1) is 0 Å². The van der Waals surface area contributed by atoms with Gasteiger partial charge in [-0.2, -0.15) is 11.8 Å². The summed E-state index contributed by atoms with van der Waals surface area (Å²) in [6, 6.07) is 0. The molecule has 0 rings (SSSR count). The second kappa shape index (κ2) is 4.99. The Morgan fingerprint density at radius 1 is 1.60 bits per heavy atom. The molecule has 0 fully saturated rings. The molecule has 0 aliphatic carbocycles. The van der Waals surface area contributed by atoms with Gasteiger partial charge in [0.25, 0.3) is 0 Å². The molecule has 0 aromatic rings. The number of hydrogen-bond donors (Lipinski definition) is 2. The summed E-state index contributed by atoms with van der Waals surface area (Å²) < 4.78 is 0. The molecule has 0 aliphatic rings. The number of thioether (sulfide) groups is 1. The molecule has 0 aliphatic heterocycles. The van der Waals surface area contributed by atoms with E-state index in [-0.39, 0.29) is 12.1 Å². The maximum absolute atomic E-state index is 8.94. The quantitative estimate of drug-likeness (QED) is 0.626. The van der Waals surface area contributed by atoms with E-state index in [1.54, 1.807) is 0 Å². The fourth-order valence-corrected chi connectivity index (χ4v) is 1.41. The Morgan fingerprint density at radius 3 is 2.50 bits per heavy atom. The SMILES string of the molecule is CCSCC(C)(CO)NC. The van der Waals surface area contributed by atoms with Gasteiger partial charge in [0, 0.05) is 11.3 Å². The summed E-state index contributed by atoms with van der Waals surface area (Å²) in [5, 5.41) is 12.0. The van der Waals surface area contributed by atoms with Crippen LogP contribution >= 0.6 is 11.8 Å². The molecular formula is C7H17NOS. The minimum Gasteiger partial charge on any atom is -0.394 e. The molecule has 0 aromatic heterocycles. The minimum atomic E-state index is -0.0966. The predicted molar refractivity (Wildman–Crippen MR) is 47.5 cm³/mol. The van der Waals surface area contributed by atoms with Crippen molar-refractivity contribution >= 4 is 11.8 Å². The lowest BCUT2D eigenvalue weighted by atomic mass is 10.1. The van der Waals surface area contributed by atoms with Gasteiger partial charge in [0.1, 0.15) is 0 Å². The summed E-state index contributed by atoms with van der Waals surface area (Å²) in [5.74, 6) is 2.08. The fourth-order valence-electron chi connectivity index (χ4n) is 0.524. The van der Waals surface area contributed by atoms with Crippen LogP contribution in [0.2, 0.25) is 0 Å². The highest BCUT2D eigenvalue weighted by molar-refractivity contribution is 7.99. The van der Waals surface area contributed by atoms with Crippen molar-refractivity contribution in [2.45, 2.75) is 19.4 Å². The third kappa shape index (κ3) is 3.44. The molecule has 0 amide bonds. The zero-order valence-electron chi connectivity index (χ0n) is 6.98. The van der Waals surface area contributed by atoms with Gasteiger partial charge in [-0.25, -0.2) is 0 Å². The molecule has 0 saturated carbocycles. The first-order chi connectivity index (χ1) is 4.68. The van der Waals surface area contributed by atoms with Gasteiger partial charge < -0.3 is 10.4 Å². The topological polar surface area (TPSA) is 32.3 Å². The van der Waals surface area contributed by atoms with Crippen LogP contribution < -0.4 is 5.32 Å². The first kappa shape index (κ1) is 10.3. The van der Waals surface area contributed by atoms with E-state index in [4.69, 9.17) is 5.11 Å². The Bertz CT molecular complexity index is 83.7. The Labute approximate surface area is 67.4 Å². The largest absolute Gasteiger partial charge is 0.394 e. The normalized spacial score (nSPS) is 16.8. The van der Waals surface area contributed by atoms with Gasteiger partial charge in [-0.15, -0.1) is 0 Å². The van der Waals surface area contributed by atoms with Gasteiger partial charge in [0.05, 0.1) is 6.61 Å². The van der Waals surface area contributed by atoms with E-state index in [2.05, 4.69) is 12.2 Å². The van der Waals surface area contributed by atoms with Crippen molar-refractivity contribution < 1.29 is 5.11 Å². The lowest BCUT2D eigenvalue weighted by molar-refractivity contribution is 0.200. The molecule has 1 unspecified atom stereocenters. The van der Waals surface area contributed by atoms with Crippen LogP contribution in [-0.4, -0.2) is 35.8 Å². The molecule has 10 heavy (non-hydrogen) atoms. The van der Waals surface area contributed by atoms with Gasteiger partial charge in [-0.05, 0) is 19.7 Å². The van der Waals surface area contributed by atoms with E-state index in [0.717, 1.165) is 11.5 Å². The highest BCUT2D eigenvalue weighted by Crippen LogP contribution is 2.11. The van der Waals surface area contributed by atoms with Crippen LogP contribution in [0.4, 0.5) is 0 Å². The highest BCUT2D eigenvalue weighted by atomic mass is 32.2. The van der Waals surface area contributed by atoms with Crippen LogP contribution in [0.3, 0.4) is 0 Å². The van der Waals surface area contributed by atoms with Crippen molar-refractivity contribution in [2.24, 2.45) is 0 Å². The molecule has 0 spiro atoms. The van der Waals surface area contributed by atoms with E-state index in [1.165, 1.54) is 0 Å². The van der Waals surface area contributed by atoms with E-state index in [9.17, 15) is 0 Å². The van der Waals surface area contributed by atoms with Gasteiger partial charge in [0.15, 0.2) is 0 Å². The van der Waals surface area contributed by atoms with Crippen LogP contribution in [0.5, 0.6) is 0 Å². The van der Waals surface area contributed by atoms with Crippen molar-refractivity contribution in [3.8, 4) is 0 Å². The summed E-state index contributed by atoms with van der Waals surface area (Å²) in [6.45, 7) is 4.35. The summed E-state index contributed by atoms with van der Waals surface area (Å²) in [7, 11) is 1.88. The number of rotatable bonds is 5. The monoisotopic (exact) mass is 163 g/mol. The number of likely N-dealkylation sites (N-methyl/N-ethyl adjacent to an activating group) is 1. The molecule has 3 heteroatoms. The maximum atomic E-state index is 8.94. The van der Waals surface area contributed by atoms with Crippen LogP contribution in [0.15, 0.2) is 0 Å². The average Bonchev–Trinajstić information content (AvgIpc) is 2.00. The van der Waals surface area contributed by atoms with E-state index < -0.39 is 0 Å². The number of aliphatic hydroxyl groups excluding tert-OH is 1. The lowest BCUT2D eigenvalue weighted by Gasteiger charge is -2.25. The summed E-state index contributed by atoms with van der Waals surface area (Å²) >= 11 is 1.84. The summed E-state index contributed by atoms with van der Waals surface area (Å²) in [4.78, 5) is 0. The summed E-state index contributed by atoms with van der Waals surface area (Å²) in [5.41, 5.74) is -0.0966. The molecule has 0 aromatic carbocycles. The van der Waals surface area contributed by atoms with Gasteiger partial charge in [-0.1, -0.05) is 6.92 Å². The molecule has 2 nitrogen and oxygen atoms in total. The van der Waals surface area contributed by atoms with Crippen LogP contribution in [0.1, 0.15) is 13.8 Å². The molecular weight excluding hydrogens is 146 g/mol. The minimum absolute atomic E-state index is 0.0966. The molecule has 0 saturated heterocycles. The van der Waals surface area contributed by atoms with E-state index >= 15 is 0 Å². The van der Waals surface area contributed by atoms with Crippen LogP contribution in [0.25, 0.3) is 0 Å². The highest BCUT2D eigenvalue weighted by Gasteiger charge is 2.19. The standard InChI is InChI=1S/C7H17NOS/c1-4-10-6-7(2,5-9)8-3/h8-9H,4-6H2,1-3H3. The maximum Gasteiger partial charge on any atom is 0.0618 e. The first-order valence-electron chi connectivity index (χ1n) is 3.56. The van der Waals surface area contributed by atoms with E-state index in [0.29, 0.717) is 0 Å². The van der Waals surface area contributed by atoms with E-state index in [1.807, 2.05) is 25.7 Å². The predicted octanol–water partition coefficient (Wildman–Crippen LogP) is 0.710. The second-order valence-electron chi connectivity index (χ2n) is 2.61. The van der Waals surface area contributed by atoms with Crippen molar-refractivity contribution in [1.29, 1.82) is 0 Å². The molecule has 0 bridgehead atoms. The van der Waals surface area contributed by atoms with Crippen LogP contribution in [-0.2, 0) is 0 Å². The van der Waals surface area contributed by atoms with Gasteiger partial charge >= 0.3 is 0 Å². The number of aliphatic hydroxyl groups is 1. The molecule has 62 valence electrons.